The van der Waals surface area contributed by atoms with Gasteiger partial charge in [0.25, 0.3) is 0 Å². The van der Waals surface area contributed by atoms with E-state index in [9.17, 15) is 0 Å². The molecular formula is C6H14KO2. The van der Waals surface area contributed by atoms with E-state index in [0.717, 1.165) is 0 Å². The topological polar surface area (TPSA) is 29.5 Å². The molecule has 51 valence electrons. The number of aliphatic hydroxyl groups is 1. The Kier molecular flexibility index (Phi) is 9.19. The monoisotopic (exact) mass is 157 g/mol. The van der Waals surface area contributed by atoms with Gasteiger partial charge in [0.15, 0.2) is 0 Å². The van der Waals surface area contributed by atoms with Crippen molar-refractivity contribution in [1.29, 1.82) is 0 Å². The molecule has 9 heavy (non-hydrogen) atoms. The second-order valence-electron chi connectivity index (χ2n) is 2.68. The third kappa shape index (κ3) is 12.7. The van der Waals surface area contributed by atoms with Gasteiger partial charge >= 0.3 is 0 Å². The number of hydrogen-bond donors (Lipinski definition) is 1. The second-order valence-corrected chi connectivity index (χ2v) is 2.68. The van der Waals surface area contributed by atoms with E-state index < -0.39 is 0 Å². The Bertz CT molecular complexity index is 58.6. The van der Waals surface area contributed by atoms with Gasteiger partial charge in [-0.2, -0.15) is 0 Å². The second kappa shape index (κ2) is 6.28. The number of ether oxygens (including phenoxy) is 1. The van der Waals surface area contributed by atoms with Crippen LogP contribution in [-0.2, 0) is 4.74 Å². The van der Waals surface area contributed by atoms with Crippen molar-refractivity contribution in [3.05, 3.63) is 0 Å². The maximum atomic E-state index is 8.30. The van der Waals surface area contributed by atoms with E-state index in [1.165, 1.54) is 0 Å². The summed E-state index contributed by atoms with van der Waals surface area (Å²) in [5, 5.41) is 8.30. The zero-order valence-electron chi connectivity index (χ0n) is 6.77. The Balaban J connectivity index is 0. The Morgan fingerprint density at radius 1 is 1.33 bits per heavy atom. The molecule has 0 aromatic carbocycles. The van der Waals surface area contributed by atoms with Crippen molar-refractivity contribution in [2.45, 2.75) is 26.4 Å². The van der Waals surface area contributed by atoms with Crippen LogP contribution in [0.4, 0.5) is 0 Å². The summed E-state index contributed by atoms with van der Waals surface area (Å²) in [5.41, 5.74) is -0.108. The van der Waals surface area contributed by atoms with Crippen LogP contribution in [0, 0.1) is 0 Å². The first-order valence-electron chi connectivity index (χ1n) is 2.81. The fourth-order valence-corrected chi connectivity index (χ4v) is 0.352. The summed E-state index contributed by atoms with van der Waals surface area (Å²) in [6.45, 7) is 6.43. The molecule has 0 rings (SSSR count). The SMILES string of the molecule is CC(C)(C)OCCO.[K]. The first-order chi connectivity index (χ1) is 3.56. The first kappa shape index (κ1) is 13.2. The largest absolute Gasteiger partial charge is 0.394 e. The molecule has 0 atom stereocenters. The third-order valence-electron chi connectivity index (χ3n) is 0.626. The van der Waals surface area contributed by atoms with Gasteiger partial charge in [0.05, 0.1) is 18.8 Å². The summed E-state index contributed by atoms with van der Waals surface area (Å²) in [7, 11) is 0. The summed E-state index contributed by atoms with van der Waals surface area (Å²) in [6, 6.07) is 0. The molecule has 0 aliphatic heterocycles. The van der Waals surface area contributed by atoms with Crippen LogP contribution in [0.5, 0.6) is 0 Å². The molecule has 0 saturated heterocycles. The van der Waals surface area contributed by atoms with E-state index in [0.29, 0.717) is 6.61 Å². The van der Waals surface area contributed by atoms with Crippen molar-refractivity contribution in [2.24, 2.45) is 0 Å². The molecule has 0 amide bonds. The average molecular weight is 157 g/mol. The minimum atomic E-state index is -0.108. The van der Waals surface area contributed by atoms with Crippen LogP contribution in [0.2, 0.25) is 0 Å². The Hall–Kier alpha value is 1.56. The van der Waals surface area contributed by atoms with E-state index in [4.69, 9.17) is 9.84 Å². The zero-order valence-corrected chi connectivity index (χ0v) is 9.89. The Morgan fingerprint density at radius 3 is 1.89 bits per heavy atom. The van der Waals surface area contributed by atoms with Crippen molar-refractivity contribution in [3.8, 4) is 0 Å². The zero-order chi connectivity index (χ0) is 6.62. The van der Waals surface area contributed by atoms with Gasteiger partial charge in [-0.05, 0) is 20.8 Å². The summed E-state index contributed by atoms with van der Waals surface area (Å²) >= 11 is 0. The van der Waals surface area contributed by atoms with Gasteiger partial charge in [-0.25, -0.2) is 0 Å². The fraction of sp³-hybridized carbons (Fsp3) is 1.00. The van der Waals surface area contributed by atoms with Crippen LogP contribution in [0.25, 0.3) is 0 Å². The molecule has 1 N–H and O–H groups in total. The van der Waals surface area contributed by atoms with Crippen LogP contribution >= 0.6 is 0 Å². The smallest absolute Gasteiger partial charge is 0.0704 e. The molecule has 0 spiro atoms. The predicted octanol–water partition coefficient (Wildman–Crippen LogP) is 0.413. The van der Waals surface area contributed by atoms with Gasteiger partial charge in [-0.15, -0.1) is 0 Å². The van der Waals surface area contributed by atoms with E-state index >= 15 is 0 Å². The van der Waals surface area contributed by atoms with Crippen molar-refractivity contribution in [1.82, 2.24) is 0 Å². The van der Waals surface area contributed by atoms with Gasteiger partial charge < -0.3 is 9.84 Å². The number of aliphatic hydroxyl groups excluding tert-OH is 1. The molecular weight excluding hydrogens is 143 g/mol. The third-order valence-corrected chi connectivity index (χ3v) is 0.626. The molecule has 0 aromatic rings. The summed E-state index contributed by atoms with van der Waals surface area (Å²) in [6.07, 6.45) is 0. The van der Waals surface area contributed by atoms with E-state index in [1.54, 1.807) is 0 Å². The van der Waals surface area contributed by atoms with Gasteiger partial charge in [0.2, 0.25) is 0 Å². The maximum Gasteiger partial charge on any atom is 0.0704 e. The molecule has 0 bridgehead atoms. The van der Waals surface area contributed by atoms with E-state index in [2.05, 4.69) is 0 Å². The quantitative estimate of drug-likeness (QED) is 0.588. The minimum Gasteiger partial charge on any atom is -0.394 e. The molecule has 0 heterocycles. The van der Waals surface area contributed by atoms with Crippen LogP contribution in [0.1, 0.15) is 20.8 Å². The minimum absolute atomic E-state index is 0. The molecule has 1 radical (unpaired) electrons. The van der Waals surface area contributed by atoms with Crippen LogP contribution < -0.4 is 0 Å². The Labute approximate surface area is 99.4 Å². The molecule has 0 unspecified atom stereocenters. The van der Waals surface area contributed by atoms with Crippen molar-refractivity contribution >= 4 is 51.4 Å². The van der Waals surface area contributed by atoms with Gasteiger partial charge in [-0.1, -0.05) is 0 Å². The average Bonchev–Trinajstić information content (AvgIpc) is 1.59. The van der Waals surface area contributed by atoms with E-state index in [1.807, 2.05) is 20.8 Å². The summed E-state index contributed by atoms with van der Waals surface area (Å²) in [5.74, 6) is 0. The predicted molar refractivity (Wildman–Crippen MR) is 38.5 cm³/mol. The molecule has 0 aliphatic carbocycles. The molecule has 0 fully saturated rings. The number of rotatable bonds is 2. The van der Waals surface area contributed by atoms with Crippen LogP contribution in [-0.4, -0.2) is 75.3 Å². The van der Waals surface area contributed by atoms with Gasteiger partial charge in [0, 0.05) is 51.4 Å². The summed E-state index contributed by atoms with van der Waals surface area (Å²) < 4.78 is 5.13. The van der Waals surface area contributed by atoms with Crippen molar-refractivity contribution < 1.29 is 9.84 Å². The van der Waals surface area contributed by atoms with Crippen molar-refractivity contribution in [3.63, 3.8) is 0 Å². The first-order valence-corrected chi connectivity index (χ1v) is 2.81. The van der Waals surface area contributed by atoms with Crippen molar-refractivity contribution in [2.75, 3.05) is 13.2 Å². The molecule has 2 nitrogen and oxygen atoms in total. The summed E-state index contributed by atoms with van der Waals surface area (Å²) in [4.78, 5) is 0. The Morgan fingerprint density at radius 2 is 1.78 bits per heavy atom. The normalized spacial score (nSPS) is 10.7. The molecule has 0 saturated carbocycles. The molecule has 0 aromatic heterocycles. The molecule has 0 aliphatic rings. The van der Waals surface area contributed by atoms with Crippen LogP contribution in [0.15, 0.2) is 0 Å². The number of hydrogen-bond acceptors (Lipinski definition) is 2. The van der Waals surface area contributed by atoms with E-state index in [-0.39, 0.29) is 63.6 Å². The molecule has 3 heteroatoms. The maximum absolute atomic E-state index is 8.30. The van der Waals surface area contributed by atoms with Gasteiger partial charge in [0.1, 0.15) is 0 Å². The van der Waals surface area contributed by atoms with Crippen LogP contribution in [0.3, 0.4) is 0 Å². The fourth-order valence-electron chi connectivity index (χ4n) is 0.352. The standard InChI is InChI=1S/C6H14O2.K/c1-6(2,3)8-5-4-7;/h7H,4-5H2,1-3H3;. The van der Waals surface area contributed by atoms with Gasteiger partial charge in [-0.3, -0.25) is 0 Å².